The lowest BCUT2D eigenvalue weighted by atomic mass is 10.2. The number of thiazole rings is 1. The molecule has 240 valence electrons. The van der Waals surface area contributed by atoms with E-state index in [0.29, 0.717) is 47.1 Å². The molecule has 2 amide bonds. The van der Waals surface area contributed by atoms with Crippen molar-refractivity contribution in [2.45, 2.75) is 37.4 Å². The second kappa shape index (κ2) is 14.9. The maximum Gasteiger partial charge on any atom is 0.251 e. The van der Waals surface area contributed by atoms with Gasteiger partial charge in [0, 0.05) is 24.3 Å². The van der Waals surface area contributed by atoms with Crippen molar-refractivity contribution < 1.29 is 22.7 Å². The predicted molar refractivity (Wildman–Crippen MR) is 179 cm³/mol. The Kier molecular flexibility index (Phi) is 10.7. The number of carbonyl (C=O) groups excluding carboxylic acids is 2. The van der Waals surface area contributed by atoms with Crippen molar-refractivity contribution >= 4 is 60.3 Å². The first kappa shape index (κ1) is 33.1. The molecule has 2 N–H and O–H groups in total. The highest BCUT2D eigenvalue weighted by Gasteiger charge is 2.22. The van der Waals surface area contributed by atoms with Crippen LogP contribution in [0.2, 0.25) is 0 Å². The SMILES string of the molecule is CCOc1ccc(-n2c(CNC(=O)c3ccc(S(=O)(=O)N(CC)CC)cc3)nnc2SCC(=O)Nc2nc3ccccc3s2)cc1. The molecule has 2 heterocycles. The molecule has 0 atom stereocenters. The molecule has 0 aliphatic rings. The lowest BCUT2D eigenvalue weighted by molar-refractivity contribution is -0.113. The number of thioether (sulfide) groups is 1. The third kappa shape index (κ3) is 7.55. The highest BCUT2D eigenvalue weighted by Crippen LogP contribution is 2.27. The molecule has 0 fully saturated rings. The van der Waals surface area contributed by atoms with Crippen LogP contribution in [0.15, 0.2) is 82.8 Å². The van der Waals surface area contributed by atoms with Gasteiger partial charge < -0.3 is 15.4 Å². The van der Waals surface area contributed by atoms with E-state index < -0.39 is 15.9 Å². The number of para-hydroxylation sites is 1. The van der Waals surface area contributed by atoms with Crippen molar-refractivity contribution in [1.29, 1.82) is 0 Å². The fraction of sp³-hybridized carbons (Fsp3) is 0.258. The van der Waals surface area contributed by atoms with Gasteiger partial charge in [0.25, 0.3) is 5.91 Å². The zero-order valence-corrected chi connectivity index (χ0v) is 27.9. The van der Waals surface area contributed by atoms with Crippen molar-refractivity contribution in [1.82, 2.24) is 29.4 Å². The van der Waals surface area contributed by atoms with Gasteiger partial charge >= 0.3 is 0 Å². The Hall–Kier alpha value is -4.31. The Bertz CT molecular complexity index is 1890. The molecule has 0 radical (unpaired) electrons. The summed E-state index contributed by atoms with van der Waals surface area (Å²) in [5.74, 6) is 0.543. The van der Waals surface area contributed by atoms with Gasteiger partial charge in [-0.1, -0.05) is 49.1 Å². The molecule has 0 unspecified atom stereocenters. The number of sulfonamides is 1. The van der Waals surface area contributed by atoms with Crippen molar-refractivity contribution in [2.75, 3.05) is 30.8 Å². The fourth-order valence-electron chi connectivity index (χ4n) is 4.59. The number of hydrogen-bond donors (Lipinski definition) is 2. The minimum atomic E-state index is -3.64. The van der Waals surface area contributed by atoms with Crippen LogP contribution in [0.1, 0.15) is 37.0 Å². The summed E-state index contributed by atoms with van der Waals surface area (Å²) in [6.07, 6.45) is 0. The molecule has 5 aromatic rings. The van der Waals surface area contributed by atoms with Gasteiger partial charge in [0.05, 0.1) is 34.0 Å². The van der Waals surface area contributed by atoms with E-state index in [4.69, 9.17) is 4.74 Å². The quantitative estimate of drug-likeness (QED) is 0.155. The van der Waals surface area contributed by atoms with Gasteiger partial charge in [0.2, 0.25) is 15.9 Å². The van der Waals surface area contributed by atoms with Crippen LogP contribution in [0.4, 0.5) is 5.13 Å². The van der Waals surface area contributed by atoms with Crippen LogP contribution in [0.5, 0.6) is 5.75 Å². The third-order valence-corrected chi connectivity index (χ3v) is 10.8. The number of amides is 2. The molecule has 0 aliphatic heterocycles. The molecule has 5 rings (SSSR count). The van der Waals surface area contributed by atoms with Crippen LogP contribution in [0.25, 0.3) is 15.9 Å². The van der Waals surface area contributed by atoms with E-state index in [1.54, 1.807) is 18.4 Å². The molecule has 2 aromatic heterocycles. The Labute approximate surface area is 275 Å². The molecular formula is C31H33N7O5S3. The first-order chi connectivity index (χ1) is 22.2. The highest BCUT2D eigenvalue weighted by molar-refractivity contribution is 7.99. The monoisotopic (exact) mass is 679 g/mol. The van der Waals surface area contributed by atoms with E-state index in [0.717, 1.165) is 15.9 Å². The smallest absolute Gasteiger partial charge is 0.251 e. The third-order valence-electron chi connectivity index (χ3n) is 6.85. The number of aromatic nitrogens is 4. The maximum absolute atomic E-state index is 13.0. The molecule has 0 spiro atoms. The first-order valence-electron chi connectivity index (χ1n) is 14.6. The van der Waals surface area contributed by atoms with Gasteiger partial charge in [-0.25, -0.2) is 13.4 Å². The van der Waals surface area contributed by atoms with Crippen molar-refractivity contribution in [2.24, 2.45) is 0 Å². The van der Waals surface area contributed by atoms with Gasteiger partial charge in [0.15, 0.2) is 16.1 Å². The second-order valence-corrected chi connectivity index (χ2v) is 13.7. The number of carbonyl (C=O) groups is 2. The number of anilines is 1. The zero-order valence-electron chi connectivity index (χ0n) is 25.5. The summed E-state index contributed by atoms with van der Waals surface area (Å²) in [5, 5.41) is 15.3. The summed E-state index contributed by atoms with van der Waals surface area (Å²) in [6.45, 7) is 6.71. The molecule has 3 aromatic carbocycles. The van der Waals surface area contributed by atoms with E-state index in [1.165, 1.54) is 51.7 Å². The zero-order chi connectivity index (χ0) is 32.7. The number of ether oxygens (including phenoxy) is 1. The van der Waals surface area contributed by atoms with E-state index >= 15 is 0 Å². The van der Waals surface area contributed by atoms with Crippen LogP contribution in [0, 0.1) is 0 Å². The molecular weight excluding hydrogens is 647 g/mol. The van der Waals surface area contributed by atoms with Crippen LogP contribution in [-0.4, -0.2) is 69.7 Å². The Balaban J connectivity index is 1.30. The highest BCUT2D eigenvalue weighted by atomic mass is 32.2. The lowest BCUT2D eigenvalue weighted by Crippen LogP contribution is -2.30. The number of fused-ring (bicyclic) bond motifs is 1. The van der Waals surface area contributed by atoms with Gasteiger partial charge in [0.1, 0.15) is 5.75 Å². The number of hydrogen-bond acceptors (Lipinski definition) is 10. The van der Waals surface area contributed by atoms with Crippen LogP contribution >= 0.6 is 23.1 Å². The van der Waals surface area contributed by atoms with Crippen LogP contribution in [0.3, 0.4) is 0 Å². The first-order valence-corrected chi connectivity index (χ1v) is 17.8. The van der Waals surface area contributed by atoms with Gasteiger partial charge in [-0.2, -0.15) is 4.31 Å². The fourth-order valence-corrected chi connectivity index (χ4v) is 7.70. The summed E-state index contributed by atoms with van der Waals surface area (Å²) in [4.78, 5) is 30.4. The van der Waals surface area contributed by atoms with E-state index in [-0.39, 0.29) is 23.1 Å². The topological polar surface area (TPSA) is 148 Å². The van der Waals surface area contributed by atoms with E-state index in [2.05, 4.69) is 25.8 Å². The standard InChI is InChI=1S/C31H33N7O5S3/c1-4-37(5-2)46(41,42)24-17-11-21(12-18-24)29(40)32-19-27-35-36-31(38(27)22-13-15-23(16-14-22)43-6-3)44-20-28(39)34-30-33-25-9-7-8-10-26(25)45-30/h7-18H,4-6,19-20H2,1-3H3,(H,32,40)(H,33,34,39). The molecule has 0 aliphatic carbocycles. The van der Waals surface area contributed by atoms with Crippen LogP contribution in [-0.2, 0) is 21.4 Å². The predicted octanol–water partition coefficient (Wildman–Crippen LogP) is 4.97. The van der Waals surface area contributed by atoms with E-state index in [9.17, 15) is 18.0 Å². The normalized spacial score (nSPS) is 11.6. The average molecular weight is 680 g/mol. The Morgan fingerprint density at radius 2 is 1.67 bits per heavy atom. The number of nitrogens with zero attached hydrogens (tertiary/aromatic N) is 5. The number of benzene rings is 3. The molecule has 0 saturated carbocycles. The molecule has 0 saturated heterocycles. The minimum absolute atomic E-state index is 0.0248. The van der Waals surface area contributed by atoms with Crippen molar-refractivity contribution in [3.63, 3.8) is 0 Å². The Morgan fingerprint density at radius 3 is 2.35 bits per heavy atom. The van der Waals surface area contributed by atoms with E-state index in [1.807, 2.05) is 55.5 Å². The maximum atomic E-state index is 13.0. The minimum Gasteiger partial charge on any atom is -0.494 e. The second-order valence-electron chi connectivity index (χ2n) is 9.78. The summed E-state index contributed by atoms with van der Waals surface area (Å²) < 4.78 is 35.3. The number of nitrogens with one attached hydrogen (secondary N) is 2. The molecule has 46 heavy (non-hydrogen) atoms. The van der Waals surface area contributed by atoms with Crippen molar-refractivity contribution in [3.05, 3.63) is 84.2 Å². The molecule has 0 bridgehead atoms. The summed E-state index contributed by atoms with van der Waals surface area (Å²) in [5.41, 5.74) is 1.84. The largest absolute Gasteiger partial charge is 0.494 e. The summed E-state index contributed by atoms with van der Waals surface area (Å²) in [7, 11) is -3.64. The van der Waals surface area contributed by atoms with Crippen LogP contribution < -0.4 is 15.4 Å². The summed E-state index contributed by atoms with van der Waals surface area (Å²) in [6, 6.07) is 20.8. The van der Waals surface area contributed by atoms with Crippen molar-refractivity contribution in [3.8, 4) is 11.4 Å². The molecule has 15 heteroatoms. The van der Waals surface area contributed by atoms with Gasteiger partial charge in [-0.15, -0.1) is 10.2 Å². The number of rotatable bonds is 14. The van der Waals surface area contributed by atoms with Gasteiger partial charge in [-0.05, 0) is 67.6 Å². The molecule has 12 nitrogen and oxygen atoms in total. The lowest BCUT2D eigenvalue weighted by Gasteiger charge is -2.18. The average Bonchev–Trinajstić information content (AvgIpc) is 3.67. The Morgan fingerprint density at radius 1 is 0.957 bits per heavy atom. The van der Waals surface area contributed by atoms with Gasteiger partial charge in [-0.3, -0.25) is 14.2 Å². The summed E-state index contributed by atoms with van der Waals surface area (Å²) >= 11 is 2.60.